The molecule has 0 spiro atoms. The van der Waals surface area contributed by atoms with E-state index in [-0.39, 0.29) is 0 Å². The van der Waals surface area contributed by atoms with Crippen LogP contribution in [0.5, 0.6) is 0 Å². The molecule has 1 unspecified atom stereocenters. The molecular formula is C31H26N3P. The van der Waals surface area contributed by atoms with Gasteiger partial charge in [0.1, 0.15) is 5.82 Å². The van der Waals surface area contributed by atoms with Gasteiger partial charge in [-0.3, -0.25) is 9.55 Å². The number of aryl methyl sites for hydroxylation is 2. The number of hydrogen-bond acceptors (Lipinski definition) is 2. The molecule has 4 heteroatoms. The second-order valence-corrected chi connectivity index (χ2v) is 11.0. The summed E-state index contributed by atoms with van der Waals surface area (Å²) in [5.74, 6) is 0.956. The zero-order chi connectivity index (χ0) is 23.9. The summed E-state index contributed by atoms with van der Waals surface area (Å²) in [6.45, 7) is 6.47. The smallest absolute Gasteiger partial charge is 0.137 e. The van der Waals surface area contributed by atoms with Crippen LogP contribution in [-0.2, 0) is 0 Å². The molecule has 0 saturated heterocycles. The summed E-state index contributed by atoms with van der Waals surface area (Å²) >= 11 is 0. The van der Waals surface area contributed by atoms with Crippen molar-refractivity contribution >= 4 is 40.5 Å². The van der Waals surface area contributed by atoms with Gasteiger partial charge >= 0.3 is 0 Å². The van der Waals surface area contributed by atoms with E-state index in [1.165, 1.54) is 43.8 Å². The first kappa shape index (κ1) is 21.7. The molecule has 170 valence electrons. The minimum atomic E-state index is -0.504. The van der Waals surface area contributed by atoms with Crippen LogP contribution in [0.3, 0.4) is 0 Å². The maximum absolute atomic E-state index is 4.95. The zero-order valence-electron chi connectivity index (χ0n) is 20.1. The molecular weight excluding hydrogens is 445 g/mol. The first-order valence-corrected chi connectivity index (χ1v) is 13.6. The average Bonchev–Trinajstić information content (AvgIpc) is 3.24. The third kappa shape index (κ3) is 3.83. The van der Waals surface area contributed by atoms with E-state index in [0.29, 0.717) is 0 Å². The molecule has 35 heavy (non-hydrogen) atoms. The van der Waals surface area contributed by atoms with Gasteiger partial charge < -0.3 is 0 Å². The van der Waals surface area contributed by atoms with E-state index in [1.807, 2.05) is 12.3 Å². The van der Waals surface area contributed by atoms with Gasteiger partial charge in [-0.2, -0.15) is 0 Å². The van der Waals surface area contributed by atoms with Gasteiger partial charge in [0.15, 0.2) is 0 Å². The fourth-order valence-electron chi connectivity index (χ4n) is 4.72. The SMILES string of the molecule is Cc1ccc(-n2c3ccccc3c3ccc(-c4cccc(P(C)c5ccccn5)c4)cc32)nc1C. The molecule has 0 amide bonds. The normalized spacial score (nSPS) is 12.3. The summed E-state index contributed by atoms with van der Waals surface area (Å²) in [5.41, 5.74) is 8.19. The van der Waals surface area contributed by atoms with E-state index in [0.717, 1.165) is 16.9 Å². The molecule has 0 radical (unpaired) electrons. The van der Waals surface area contributed by atoms with E-state index in [1.54, 1.807) is 0 Å². The lowest BCUT2D eigenvalue weighted by molar-refractivity contribution is 1.03. The Kier molecular flexibility index (Phi) is 5.43. The number of rotatable bonds is 4. The Labute approximate surface area is 206 Å². The molecule has 6 aromatic rings. The fourth-order valence-corrected chi connectivity index (χ4v) is 6.17. The van der Waals surface area contributed by atoms with Crippen molar-refractivity contribution < 1.29 is 0 Å². The summed E-state index contributed by atoms with van der Waals surface area (Å²) in [6.07, 6.45) is 1.88. The number of nitrogens with zero attached hydrogens (tertiary/aromatic N) is 3. The van der Waals surface area contributed by atoms with Crippen molar-refractivity contribution in [2.75, 3.05) is 6.66 Å². The van der Waals surface area contributed by atoms with Gasteiger partial charge in [-0.1, -0.05) is 60.7 Å². The molecule has 0 N–H and O–H groups in total. The second kappa shape index (κ2) is 8.76. The van der Waals surface area contributed by atoms with Gasteiger partial charge in [0, 0.05) is 22.7 Å². The fraction of sp³-hybridized carbons (Fsp3) is 0.0968. The summed E-state index contributed by atoms with van der Waals surface area (Å²) in [6, 6.07) is 34.8. The highest BCUT2D eigenvalue weighted by atomic mass is 31.1. The zero-order valence-corrected chi connectivity index (χ0v) is 21.0. The standard InChI is InChI=1S/C31H26N3P/c1-21-14-17-30(33-22(21)2)34-28-12-5-4-11-26(28)27-16-15-24(20-29(27)34)23-9-8-10-25(19-23)35(3)31-13-6-7-18-32-31/h4-20H,1-3H3. The van der Waals surface area contributed by atoms with Crippen molar-refractivity contribution in [3.05, 3.63) is 115 Å². The average molecular weight is 472 g/mol. The molecule has 3 aromatic heterocycles. The Morgan fingerprint density at radius 1 is 0.686 bits per heavy atom. The van der Waals surface area contributed by atoms with Crippen LogP contribution in [0.25, 0.3) is 38.8 Å². The quantitative estimate of drug-likeness (QED) is 0.261. The molecule has 0 fully saturated rings. The van der Waals surface area contributed by atoms with Crippen LogP contribution in [0.1, 0.15) is 11.3 Å². The Hall–Kier alpha value is -3.81. The van der Waals surface area contributed by atoms with Crippen LogP contribution in [0.15, 0.2) is 103 Å². The second-order valence-electron chi connectivity index (χ2n) is 8.95. The highest BCUT2D eigenvalue weighted by molar-refractivity contribution is 7.72. The number of pyridine rings is 2. The van der Waals surface area contributed by atoms with E-state index in [2.05, 4.69) is 121 Å². The lowest BCUT2D eigenvalue weighted by Gasteiger charge is -2.14. The monoisotopic (exact) mass is 471 g/mol. The Balaban J connectivity index is 1.52. The lowest BCUT2D eigenvalue weighted by atomic mass is 10.0. The van der Waals surface area contributed by atoms with Crippen LogP contribution < -0.4 is 10.7 Å². The number of hydrogen-bond donors (Lipinski definition) is 0. The Morgan fingerprint density at radius 2 is 1.49 bits per heavy atom. The van der Waals surface area contributed by atoms with Gasteiger partial charge in [-0.15, -0.1) is 0 Å². The third-order valence-electron chi connectivity index (χ3n) is 6.80. The molecule has 0 saturated carbocycles. The molecule has 0 bridgehead atoms. The lowest BCUT2D eigenvalue weighted by Crippen LogP contribution is -2.13. The first-order valence-electron chi connectivity index (χ1n) is 11.8. The Morgan fingerprint density at radius 3 is 2.31 bits per heavy atom. The molecule has 0 aliphatic rings. The van der Waals surface area contributed by atoms with Crippen molar-refractivity contribution in [2.24, 2.45) is 0 Å². The molecule has 1 atom stereocenters. The predicted molar refractivity (Wildman–Crippen MR) is 150 cm³/mol. The van der Waals surface area contributed by atoms with E-state index >= 15 is 0 Å². The molecule has 3 heterocycles. The van der Waals surface area contributed by atoms with E-state index in [9.17, 15) is 0 Å². The number of fused-ring (bicyclic) bond motifs is 3. The van der Waals surface area contributed by atoms with Crippen LogP contribution in [0, 0.1) is 13.8 Å². The summed E-state index contributed by atoms with van der Waals surface area (Å²) in [5, 5.41) is 3.81. The predicted octanol–water partition coefficient (Wildman–Crippen LogP) is 6.92. The highest BCUT2D eigenvalue weighted by Crippen LogP contribution is 2.35. The van der Waals surface area contributed by atoms with Gasteiger partial charge in [0.2, 0.25) is 0 Å². The van der Waals surface area contributed by atoms with Gasteiger partial charge in [-0.25, -0.2) is 4.98 Å². The maximum Gasteiger partial charge on any atom is 0.137 e. The topological polar surface area (TPSA) is 30.7 Å². The third-order valence-corrected chi connectivity index (χ3v) is 8.80. The molecule has 3 aromatic carbocycles. The number of para-hydroxylation sites is 1. The van der Waals surface area contributed by atoms with Crippen molar-refractivity contribution in [1.29, 1.82) is 0 Å². The molecule has 0 aliphatic heterocycles. The van der Waals surface area contributed by atoms with Gasteiger partial charge in [-0.05, 0) is 86.8 Å². The summed E-state index contributed by atoms with van der Waals surface area (Å²) in [7, 11) is -0.504. The first-order chi connectivity index (χ1) is 17.1. The largest absolute Gasteiger partial charge is 0.294 e. The molecule has 3 nitrogen and oxygen atoms in total. The van der Waals surface area contributed by atoms with Crippen molar-refractivity contribution in [2.45, 2.75) is 13.8 Å². The van der Waals surface area contributed by atoms with Gasteiger partial charge in [0.25, 0.3) is 0 Å². The maximum atomic E-state index is 4.95. The van der Waals surface area contributed by atoms with E-state index in [4.69, 9.17) is 4.98 Å². The van der Waals surface area contributed by atoms with Crippen molar-refractivity contribution in [3.8, 4) is 16.9 Å². The van der Waals surface area contributed by atoms with Gasteiger partial charge in [0.05, 0.1) is 16.5 Å². The minimum Gasteiger partial charge on any atom is -0.294 e. The number of benzene rings is 3. The minimum absolute atomic E-state index is 0.504. The highest BCUT2D eigenvalue weighted by Gasteiger charge is 2.15. The van der Waals surface area contributed by atoms with Crippen molar-refractivity contribution in [1.82, 2.24) is 14.5 Å². The van der Waals surface area contributed by atoms with Crippen molar-refractivity contribution in [3.63, 3.8) is 0 Å². The van der Waals surface area contributed by atoms with E-state index < -0.39 is 7.92 Å². The molecule has 0 aliphatic carbocycles. The van der Waals surface area contributed by atoms with Crippen LogP contribution >= 0.6 is 7.92 Å². The molecule has 6 rings (SSSR count). The summed E-state index contributed by atoms with van der Waals surface area (Å²) < 4.78 is 2.30. The van der Waals surface area contributed by atoms with Crippen LogP contribution in [0.4, 0.5) is 0 Å². The number of aromatic nitrogens is 3. The Bertz CT molecular complexity index is 1680. The van der Waals surface area contributed by atoms with Crippen LogP contribution in [0.2, 0.25) is 0 Å². The summed E-state index contributed by atoms with van der Waals surface area (Å²) in [4.78, 5) is 9.55. The van der Waals surface area contributed by atoms with Crippen LogP contribution in [-0.4, -0.2) is 21.2 Å².